The molecule has 0 fully saturated rings. The summed E-state index contributed by atoms with van der Waals surface area (Å²) in [6, 6.07) is 7.59. The highest BCUT2D eigenvalue weighted by molar-refractivity contribution is 5.51. The molecule has 86 valence electrons. The van der Waals surface area contributed by atoms with Crippen LogP contribution in [0.3, 0.4) is 0 Å². The number of nitrogens with zero attached hydrogens (tertiary/aromatic N) is 4. The zero-order valence-electron chi connectivity index (χ0n) is 9.59. The Morgan fingerprint density at radius 2 is 2.29 bits per heavy atom. The van der Waals surface area contributed by atoms with Gasteiger partial charge in [-0.05, 0) is 18.2 Å². The minimum absolute atomic E-state index is 0.567. The van der Waals surface area contributed by atoms with Crippen molar-refractivity contribution in [3.05, 3.63) is 41.9 Å². The van der Waals surface area contributed by atoms with E-state index in [1.54, 1.807) is 24.5 Å². The number of rotatable bonds is 4. The van der Waals surface area contributed by atoms with Crippen LogP contribution in [-0.2, 0) is 13.5 Å². The minimum atomic E-state index is 0.567. The Bertz CT molecular complexity index is 538. The maximum atomic E-state index is 8.90. The van der Waals surface area contributed by atoms with E-state index in [2.05, 4.69) is 21.5 Å². The van der Waals surface area contributed by atoms with Gasteiger partial charge >= 0.3 is 0 Å². The Balaban J connectivity index is 1.95. The first-order valence-corrected chi connectivity index (χ1v) is 5.37. The summed E-state index contributed by atoms with van der Waals surface area (Å²) >= 11 is 0. The van der Waals surface area contributed by atoms with E-state index in [0.717, 1.165) is 18.7 Å². The van der Waals surface area contributed by atoms with Crippen LogP contribution in [0.25, 0.3) is 0 Å². The normalized spacial score (nSPS) is 9.88. The molecule has 0 bridgehead atoms. The van der Waals surface area contributed by atoms with Crippen molar-refractivity contribution in [1.29, 1.82) is 5.26 Å². The van der Waals surface area contributed by atoms with Crippen molar-refractivity contribution in [2.75, 3.05) is 11.9 Å². The van der Waals surface area contributed by atoms with Crippen molar-refractivity contribution in [2.45, 2.75) is 6.42 Å². The number of nitrogens with one attached hydrogen (secondary N) is 1. The maximum Gasteiger partial charge on any atom is 0.143 e. The van der Waals surface area contributed by atoms with Crippen molar-refractivity contribution in [3.63, 3.8) is 0 Å². The van der Waals surface area contributed by atoms with Crippen LogP contribution in [-0.4, -0.2) is 21.3 Å². The lowest BCUT2D eigenvalue weighted by molar-refractivity contribution is 0.711. The number of anilines is 1. The van der Waals surface area contributed by atoms with E-state index < -0.39 is 0 Å². The van der Waals surface area contributed by atoms with Gasteiger partial charge in [-0.1, -0.05) is 0 Å². The van der Waals surface area contributed by atoms with Gasteiger partial charge in [-0.25, -0.2) is 4.98 Å². The molecule has 0 saturated heterocycles. The molecule has 0 radical (unpaired) electrons. The van der Waals surface area contributed by atoms with E-state index in [1.165, 1.54) is 0 Å². The molecular weight excluding hydrogens is 214 g/mol. The molecule has 0 amide bonds. The van der Waals surface area contributed by atoms with Crippen LogP contribution < -0.4 is 5.32 Å². The minimum Gasteiger partial charge on any atom is -0.369 e. The first-order chi connectivity index (χ1) is 8.31. The van der Waals surface area contributed by atoms with E-state index >= 15 is 0 Å². The summed E-state index contributed by atoms with van der Waals surface area (Å²) in [6.45, 7) is 0.727. The van der Waals surface area contributed by atoms with Crippen molar-refractivity contribution in [3.8, 4) is 6.07 Å². The smallest absolute Gasteiger partial charge is 0.143 e. The summed E-state index contributed by atoms with van der Waals surface area (Å²) < 4.78 is 1.84. The Kier molecular flexibility index (Phi) is 3.36. The van der Waals surface area contributed by atoms with Crippen LogP contribution in [0.1, 0.15) is 11.3 Å². The fraction of sp³-hybridized carbons (Fsp3) is 0.250. The second-order valence-electron chi connectivity index (χ2n) is 3.63. The average molecular weight is 227 g/mol. The van der Waals surface area contributed by atoms with Crippen molar-refractivity contribution < 1.29 is 0 Å². The van der Waals surface area contributed by atoms with Crippen molar-refractivity contribution in [1.82, 2.24) is 14.8 Å². The molecule has 5 heteroatoms. The third-order valence-electron chi connectivity index (χ3n) is 2.52. The molecule has 0 aliphatic carbocycles. The van der Waals surface area contributed by atoms with Gasteiger partial charge in [0.15, 0.2) is 0 Å². The van der Waals surface area contributed by atoms with Crippen LogP contribution >= 0.6 is 0 Å². The number of aromatic nitrogens is 3. The van der Waals surface area contributed by atoms with Gasteiger partial charge in [-0.2, -0.15) is 10.4 Å². The van der Waals surface area contributed by atoms with E-state index in [1.807, 2.05) is 17.8 Å². The Morgan fingerprint density at radius 1 is 1.41 bits per heavy atom. The summed E-state index contributed by atoms with van der Waals surface area (Å²) in [5.74, 6) is 0.636. The third kappa shape index (κ3) is 2.61. The van der Waals surface area contributed by atoms with Gasteiger partial charge in [0.1, 0.15) is 11.9 Å². The molecule has 5 nitrogen and oxygen atoms in total. The quantitative estimate of drug-likeness (QED) is 0.856. The van der Waals surface area contributed by atoms with Gasteiger partial charge in [-0.15, -0.1) is 0 Å². The molecule has 0 aliphatic rings. The summed E-state index contributed by atoms with van der Waals surface area (Å²) in [5.41, 5.74) is 1.71. The number of aryl methyl sites for hydroxylation is 1. The van der Waals surface area contributed by atoms with Gasteiger partial charge in [0, 0.05) is 38.1 Å². The molecule has 1 N–H and O–H groups in total. The second-order valence-corrected chi connectivity index (χ2v) is 3.63. The molecule has 2 rings (SSSR count). The average Bonchev–Trinajstić information content (AvgIpc) is 2.76. The largest absolute Gasteiger partial charge is 0.369 e. The molecular formula is C12H13N5. The number of hydrogen-bond donors (Lipinski definition) is 1. The molecule has 17 heavy (non-hydrogen) atoms. The fourth-order valence-corrected chi connectivity index (χ4v) is 1.59. The molecule has 2 aromatic heterocycles. The highest BCUT2D eigenvalue weighted by atomic mass is 15.3. The highest BCUT2D eigenvalue weighted by Crippen LogP contribution is 2.09. The van der Waals surface area contributed by atoms with Crippen LogP contribution in [0.5, 0.6) is 0 Å². The van der Waals surface area contributed by atoms with Crippen LogP contribution in [0.2, 0.25) is 0 Å². The molecule has 2 heterocycles. The summed E-state index contributed by atoms with van der Waals surface area (Å²) in [6.07, 6.45) is 4.29. The molecule has 0 saturated carbocycles. The highest BCUT2D eigenvalue weighted by Gasteiger charge is 2.02. The maximum absolute atomic E-state index is 8.90. The Hall–Kier alpha value is -2.35. The SMILES string of the molecule is Cn1nccc1CCNc1ncccc1C#N. The van der Waals surface area contributed by atoms with Gasteiger partial charge < -0.3 is 5.32 Å². The number of hydrogen-bond acceptors (Lipinski definition) is 4. The van der Waals surface area contributed by atoms with Crippen LogP contribution in [0.4, 0.5) is 5.82 Å². The van der Waals surface area contributed by atoms with Gasteiger partial charge in [0.2, 0.25) is 0 Å². The first-order valence-electron chi connectivity index (χ1n) is 5.37. The fourth-order valence-electron chi connectivity index (χ4n) is 1.59. The second kappa shape index (κ2) is 5.12. The van der Waals surface area contributed by atoms with Crippen molar-refractivity contribution in [2.24, 2.45) is 7.05 Å². The molecule has 0 unspecified atom stereocenters. The molecule has 2 aromatic rings. The zero-order chi connectivity index (χ0) is 12.1. The Labute approximate surface area is 99.7 Å². The standard InChI is InChI=1S/C12H13N5/c1-17-11(5-8-16-17)4-7-15-12-10(9-13)3-2-6-14-12/h2-3,5-6,8H,4,7H2,1H3,(H,14,15). The van der Waals surface area contributed by atoms with Gasteiger partial charge in [0.05, 0.1) is 5.56 Å². The Morgan fingerprint density at radius 3 is 3.00 bits per heavy atom. The summed E-state index contributed by atoms with van der Waals surface area (Å²) in [7, 11) is 1.91. The van der Waals surface area contributed by atoms with Crippen LogP contribution in [0.15, 0.2) is 30.6 Å². The predicted molar refractivity (Wildman–Crippen MR) is 64.4 cm³/mol. The summed E-state index contributed by atoms with van der Waals surface area (Å²) in [4.78, 5) is 4.13. The van der Waals surface area contributed by atoms with E-state index in [-0.39, 0.29) is 0 Å². The predicted octanol–water partition coefficient (Wildman–Crippen LogP) is 1.34. The first kappa shape index (κ1) is 11.1. The summed E-state index contributed by atoms with van der Waals surface area (Å²) in [5, 5.41) is 16.2. The third-order valence-corrected chi connectivity index (χ3v) is 2.52. The molecule has 0 aliphatic heterocycles. The zero-order valence-corrected chi connectivity index (χ0v) is 9.59. The monoisotopic (exact) mass is 227 g/mol. The topological polar surface area (TPSA) is 66.5 Å². The molecule has 0 aromatic carbocycles. The van der Waals surface area contributed by atoms with E-state index in [4.69, 9.17) is 5.26 Å². The van der Waals surface area contributed by atoms with E-state index in [0.29, 0.717) is 11.4 Å². The number of nitriles is 1. The lowest BCUT2D eigenvalue weighted by atomic mass is 10.2. The van der Waals surface area contributed by atoms with Crippen LogP contribution in [0, 0.1) is 11.3 Å². The molecule has 0 atom stereocenters. The van der Waals surface area contributed by atoms with Crippen molar-refractivity contribution >= 4 is 5.82 Å². The lowest BCUT2D eigenvalue weighted by Gasteiger charge is -2.06. The lowest BCUT2D eigenvalue weighted by Crippen LogP contribution is -2.10. The number of pyridine rings is 1. The van der Waals surface area contributed by atoms with E-state index in [9.17, 15) is 0 Å². The van der Waals surface area contributed by atoms with Gasteiger partial charge in [-0.3, -0.25) is 4.68 Å². The van der Waals surface area contributed by atoms with Gasteiger partial charge in [0.25, 0.3) is 0 Å². The molecule has 0 spiro atoms.